The van der Waals surface area contributed by atoms with Gasteiger partial charge in [-0.3, -0.25) is 9.59 Å². The quantitative estimate of drug-likeness (QED) is 0.169. The van der Waals surface area contributed by atoms with Crippen LogP contribution in [0.3, 0.4) is 0 Å². The lowest BCUT2D eigenvalue weighted by Gasteiger charge is -2.17. The monoisotopic (exact) mass is 432 g/mol. The molecule has 0 fully saturated rings. The zero-order chi connectivity index (χ0) is 22.6. The van der Waals surface area contributed by atoms with Crippen molar-refractivity contribution in [3.05, 3.63) is 35.9 Å². The summed E-state index contributed by atoms with van der Waals surface area (Å²) in [6, 6.07) is 10.8. The second-order valence-electron chi connectivity index (χ2n) is 8.45. The van der Waals surface area contributed by atoms with Gasteiger partial charge in [-0.05, 0) is 50.0 Å². The number of hydrogen-bond donors (Lipinski definition) is 0. The van der Waals surface area contributed by atoms with Gasteiger partial charge in [-0.15, -0.1) is 0 Å². The minimum absolute atomic E-state index is 0.0531. The van der Waals surface area contributed by atoms with E-state index in [9.17, 15) is 9.59 Å². The Balaban J connectivity index is 2.22. The Morgan fingerprint density at radius 1 is 0.677 bits per heavy atom. The maximum atomic E-state index is 11.6. The van der Waals surface area contributed by atoms with Crippen LogP contribution >= 0.6 is 0 Å². The van der Waals surface area contributed by atoms with Crippen molar-refractivity contribution in [1.29, 1.82) is 0 Å². The topological polar surface area (TPSA) is 52.6 Å². The van der Waals surface area contributed by atoms with Crippen LogP contribution in [0.25, 0.3) is 0 Å². The van der Waals surface area contributed by atoms with Gasteiger partial charge in [0.05, 0.1) is 13.2 Å². The molecule has 0 bridgehead atoms. The van der Waals surface area contributed by atoms with E-state index in [-0.39, 0.29) is 11.9 Å². The molecule has 0 unspecified atom stereocenters. The number of ether oxygens (including phenoxy) is 2. The molecule has 176 valence electrons. The fourth-order valence-corrected chi connectivity index (χ4v) is 3.81. The molecule has 0 aliphatic heterocycles. The molecule has 31 heavy (non-hydrogen) atoms. The van der Waals surface area contributed by atoms with Crippen LogP contribution < -0.4 is 0 Å². The van der Waals surface area contributed by atoms with Gasteiger partial charge in [-0.1, -0.05) is 82.7 Å². The molecule has 4 heteroatoms. The first-order valence-corrected chi connectivity index (χ1v) is 12.5. The molecule has 0 aliphatic carbocycles. The summed E-state index contributed by atoms with van der Waals surface area (Å²) in [6.45, 7) is 5.11. The number of benzene rings is 1. The third-order valence-electron chi connectivity index (χ3n) is 5.57. The average molecular weight is 433 g/mol. The Bertz CT molecular complexity index is 538. The predicted molar refractivity (Wildman–Crippen MR) is 127 cm³/mol. The Morgan fingerprint density at radius 3 is 1.58 bits per heavy atom. The highest BCUT2D eigenvalue weighted by Crippen LogP contribution is 2.28. The first-order chi connectivity index (χ1) is 15.2. The van der Waals surface area contributed by atoms with Crippen molar-refractivity contribution in [2.24, 2.45) is 0 Å². The zero-order valence-corrected chi connectivity index (χ0v) is 19.9. The largest absolute Gasteiger partial charge is 0.466 e. The van der Waals surface area contributed by atoms with E-state index in [1.807, 2.05) is 13.8 Å². The normalized spacial score (nSPS) is 10.9. The highest BCUT2D eigenvalue weighted by Gasteiger charge is 2.11. The Labute approximate surface area is 190 Å². The molecule has 0 radical (unpaired) electrons. The van der Waals surface area contributed by atoms with E-state index in [0.29, 0.717) is 32.0 Å². The van der Waals surface area contributed by atoms with Gasteiger partial charge in [-0.2, -0.15) is 0 Å². The molecule has 0 saturated heterocycles. The van der Waals surface area contributed by atoms with Gasteiger partial charge < -0.3 is 9.47 Å². The SMILES string of the molecule is CCCOC(=O)CCCCCCC(CCCCCCC(=O)OCCC)c1ccccc1. The Hall–Kier alpha value is -1.84. The van der Waals surface area contributed by atoms with Gasteiger partial charge in [0.2, 0.25) is 0 Å². The van der Waals surface area contributed by atoms with E-state index in [2.05, 4.69) is 30.3 Å². The number of unbranched alkanes of at least 4 members (excludes halogenated alkanes) is 6. The van der Waals surface area contributed by atoms with Gasteiger partial charge in [0.15, 0.2) is 0 Å². The maximum absolute atomic E-state index is 11.6. The average Bonchev–Trinajstić information content (AvgIpc) is 2.79. The highest BCUT2D eigenvalue weighted by atomic mass is 16.5. The number of carbonyl (C=O) groups excluding carboxylic acids is 2. The van der Waals surface area contributed by atoms with Crippen molar-refractivity contribution in [1.82, 2.24) is 0 Å². The number of esters is 2. The predicted octanol–water partition coefficient (Wildman–Crippen LogP) is 7.36. The highest BCUT2D eigenvalue weighted by molar-refractivity contribution is 5.69. The first-order valence-electron chi connectivity index (χ1n) is 12.5. The van der Waals surface area contributed by atoms with Gasteiger partial charge in [0.25, 0.3) is 0 Å². The standard InChI is InChI=1S/C27H44O4/c1-3-22-30-26(28)20-14-7-5-10-16-24(25-18-12-9-13-19-25)17-11-6-8-15-21-27(29)31-23-4-2/h9,12-13,18-19,24H,3-8,10-11,14-17,20-23H2,1-2H3. The molecule has 0 spiro atoms. The van der Waals surface area contributed by atoms with Gasteiger partial charge in [0.1, 0.15) is 0 Å². The molecule has 0 aliphatic rings. The summed E-state index contributed by atoms with van der Waals surface area (Å²) in [6.07, 6.45) is 14.1. The zero-order valence-electron chi connectivity index (χ0n) is 19.9. The van der Waals surface area contributed by atoms with Crippen molar-refractivity contribution in [3.8, 4) is 0 Å². The van der Waals surface area contributed by atoms with Gasteiger partial charge in [0, 0.05) is 12.8 Å². The van der Waals surface area contributed by atoms with E-state index < -0.39 is 0 Å². The minimum atomic E-state index is -0.0531. The van der Waals surface area contributed by atoms with Crippen molar-refractivity contribution in [3.63, 3.8) is 0 Å². The lowest BCUT2D eigenvalue weighted by Crippen LogP contribution is -2.05. The van der Waals surface area contributed by atoms with Crippen molar-refractivity contribution < 1.29 is 19.1 Å². The van der Waals surface area contributed by atoms with Crippen LogP contribution in [0.4, 0.5) is 0 Å². The molecule has 1 aromatic rings. The smallest absolute Gasteiger partial charge is 0.305 e. The molecule has 0 heterocycles. The summed E-state index contributed by atoms with van der Waals surface area (Å²) in [5.41, 5.74) is 1.44. The lowest BCUT2D eigenvalue weighted by molar-refractivity contribution is -0.144. The summed E-state index contributed by atoms with van der Waals surface area (Å²) >= 11 is 0. The fourth-order valence-electron chi connectivity index (χ4n) is 3.81. The molecule has 1 aromatic carbocycles. The van der Waals surface area contributed by atoms with Crippen LogP contribution in [0.1, 0.15) is 115 Å². The number of rotatable bonds is 19. The van der Waals surface area contributed by atoms with Crippen LogP contribution in [-0.4, -0.2) is 25.2 Å². The lowest BCUT2D eigenvalue weighted by atomic mass is 9.88. The molecular formula is C27H44O4. The molecule has 0 saturated carbocycles. The summed E-state index contributed by atoms with van der Waals surface area (Å²) in [7, 11) is 0. The molecule has 0 aromatic heterocycles. The van der Waals surface area contributed by atoms with Crippen molar-refractivity contribution in [2.75, 3.05) is 13.2 Å². The third kappa shape index (κ3) is 14.7. The first kappa shape index (κ1) is 27.2. The second-order valence-corrected chi connectivity index (χ2v) is 8.45. The summed E-state index contributed by atoms with van der Waals surface area (Å²) in [5.74, 6) is 0.496. The molecular weight excluding hydrogens is 388 g/mol. The van der Waals surface area contributed by atoms with Crippen LogP contribution in [0, 0.1) is 0 Å². The van der Waals surface area contributed by atoms with Crippen molar-refractivity contribution >= 4 is 11.9 Å². The fraction of sp³-hybridized carbons (Fsp3) is 0.704. The van der Waals surface area contributed by atoms with E-state index in [1.165, 1.54) is 44.1 Å². The molecule has 1 rings (SSSR count). The summed E-state index contributed by atoms with van der Waals surface area (Å²) < 4.78 is 10.3. The van der Waals surface area contributed by atoms with E-state index in [1.54, 1.807) is 0 Å². The van der Waals surface area contributed by atoms with Crippen LogP contribution in [0.2, 0.25) is 0 Å². The molecule has 0 N–H and O–H groups in total. The Kier molecular flexibility index (Phi) is 16.6. The minimum Gasteiger partial charge on any atom is -0.466 e. The summed E-state index contributed by atoms with van der Waals surface area (Å²) in [4.78, 5) is 23.1. The van der Waals surface area contributed by atoms with Crippen molar-refractivity contribution in [2.45, 2.75) is 110 Å². The van der Waals surface area contributed by atoms with Gasteiger partial charge >= 0.3 is 11.9 Å². The number of hydrogen-bond acceptors (Lipinski definition) is 4. The molecule has 4 nitrogen and oxygen atoms in total. The van der Waals surface area contributed by atoms with Crippen LogP contribution in [0.5, 0.6) is 0 Å². The van der Waals surface area contributed by atoms with E-state index in [0.717, 1.165) is 38.5 Å². The molecule has 0 amide bonds. The Morgan fingerprint density at radius 2 is 1.13 bits per heavy atom. The van der Waals surface area contributed by atoms with E-state index >= 15 is 0 Å². The van der Waals surface area contributed by atoms with Crippen LogP contribution in [0.15, 0.2) is 30.3 Å². The maximum Gasteiger partial charge on any atom is 0.305 e. The third-order valence-corrected chi connectivity index (χ3v) is 5.57. The van der Waals surface area contributed by atoms with E-state index in [4.69, 9.17) is 9.47 Å². The van der Waals surface area contributed by atoms with Crippen LogP contribution in [-0.2, 0) is 19.1 Å². The summed E-state index contributed by atoms with van der Waals surface area (Å²) in [5, 5.41) is 0. The van der Waals surface area contributed by atoms with Gasteiger partial charge in [-0.25, -0.2) is 0 Å². The second kappa shape index (κ2) is 18.9. The molecule has 0 atom stereocenters. The number of carbonyl (C=O) groups is 2.